The van der Waals surface area contributed by atoms with Gasteiger partial charge in [0.15, 0.2) is 0 Å². The van der Waals surface area contributed by atoms with Gasteiger partial charge >= 0.3 is 103 Å². The number of hydrogen-bond acceptors (Lipinski definition) is 0. The van der Waals surface area contributed by atoms with Crippen LogP contribution in [0.25, 0.3) is 0 Å². The Morgan fingerprint density at radius 1 is 0.667 bits per heavy atom. The topological polar surface area (TPSA) is 0 Å². The molecule has 0 aromatic carbocycles. The van der Waals surface area contributed by atoms with Crippen LogP contribution >= 0.6 is 0 Å². The third-order valence-electron chi connectivity index (χ3n) is 1.54. The molecule has 0 saturated carbocycles. The molecule has 0 radical (unpaired) electrons. The van der Waals surface area contributed by atoms with Gasteiger partial charge in [-0.05, 0) is 0 Å². The Morgan fingerprint density at radius 2 is 1.00 bits per heavy atom. The first-order chi connectivity index (χ1) is 6.91. The van der Waals surface area contributed by atoms with Crippen molar-refractivity contribution in [3.63, 3.8) is 0 Å². The average Bonchev–Trinajstić information content (AvgIpc) is 2.00. The fraction of sp³-hybridized carbons (Fsp3) is 0.429. The monoisotopic (exact) mass is 374 g/mol. The summed E-state index contributed by atoms with van der Waals surface area (Å²) < 4.78 is 4.85. The predicted octanol–water partition coefficient (Wildman–Crippen LogP) is 4.81. The van der Waals surface area contributed by atoms with Crippen LogP contribution in [0.1, 0.15) is 41.5 Å². The number of allylic oxidation sites excluding steroid dienone is 6. The fourth-order valence-corrected chi connectivity index (χ4v) is 3.50. The predicted molar refractivity (Wildman–Crippen MR) is 66.4 cm³/mol. The van der Waals surface area contributed by atoms with Crippen molar-refractivity contribution in [2.45, 2.75) is 41.5 Å². The van der Waals surface area contributed by atoms with Crippen molar-refractivity contribution < 1.29 is 18.6 Å². The molecule has 0 aliphatic rings. The third kappa shape index (κ3) is 9.94. The van der Waals surface area contributed by atoms with E-state index < -0.39 is 18.6 Å². The van der Waals surface area contributed by atoms with Crippen LogP contribution in [-0.4, -0.2) is 0 Å². The molecule has 0 N–H and O–H groups in total. The second-order valence-electron chi connectivity index (χ2n) is 4.30. The zero-order valence-corrected chi connectivity index (χ0v) is 13.7. The molecule has 0 atom stereocenters. The molecule has 0 aliphatic carbocycles. The second-order valence-corrected chi connectivity index (χ2v) is 6.97. The standard InChI is InChI=1S/2C7H11.W/c2*1-6(2)5-7(3)4;/h2*1,5H,2-4H3;. The van der Waals surface area contributed by atoms with Crippen molar-refractivity contribution in [3.05, 3.63) is 43.4 Å². The van der Waals surface area contributed by atoms with Gasteiger partial charge < -0.3 is 0 Å². The van der Waals surface area contributed by atoms with Gasteiger partial charge in [0.2, 0.25) is 0 Å². The molecule has 0 unspecified atom stereocenters. The summed E-state index contributed by atoms with van der Waals surface area (Å²) in [6.45, 7) is 13.0. The van der Waals surface area contributed by atoms with Crippen molar-refractivity contribution >= 4 is 0 Å². The van der Waals surface area contributed by atoms with Gasteiger partial charge in [-0.25, -0.2) is 0 Å². The van der Waals surface area contributed by atoms with E-state index in [1.165, 1.54) is 22.3 Å². The Bertz CT molecular complexity index is 274. The zero-order chi connectivity index (χ0) is 11.8. The zero-order valence-electron chi connectivity index (χ0n) is 10.7. The van der Waals surface area contributed by atoms with Gasteiger partial charge in [0.05, 0.1) is 0 Å². The van der Waals surface area contributed by atoms with Gasteiger partial charge in [0.25, 0.3) is 0 Å². The first-order valence-electron chi connectivity index (χ1n) is 5.20. The van der Waals surface area contributed by atoms with Crippen molar-refractivity contribution in [1.82, 2.24) is 0 Å². The van der Waals surface area contributed by atoms with Gasteiger partial charge in [0, 0.05) is 0 Å². The fourth-order valence-electron chi connectivity index (χ4n) is 1.23. The van der Waals surface area contributed by atoms with E-state index in [0.29, 0.717) is 0 Å². The Balaban J connectivity index is 4.29. The summed E-state index contributed by atoms with van der Waals surface area (Å²) in [5, 5.41) is 0. The van der Waals surface area contributed by atoms with Crippen LogP contribution in [0.2, 0.25) is 0 Å². The van der Waals surface area contributed by atoms with Gasteiger partial charge in [-0.1, -0.05) is 0 Å². The van der Waals surface area contributed by atoms with Gasteiger partial charge in [0.1, 0.15) is 0 Å². The van der Waals surface area contributed by atoms with Crippen molar-refractivity contribution in [2.75, 3.05) is 0 Å². The third-order valence-corrected chi connectivity index (χ3v) is 5.19. The van der Waals surface area contributed by atoms with Gasteiger partial charge in [-0.3, -0.25) is 0 Å². The van der Waals surface area contributed by atoms with E-state index >= 15 is 0 Å². The van der Waals surface area contributed by atoms with Crippen LogP contribution in [-0.2, 0) is 18.6 Å². The molecule has 0 rings (SSSR count). The van der Waals surface area contributed by atoms with Gasteiger partial charge in [-0.2, -0.15) is 0 Å². The Labute approximate surface area is 103 Å². The van der Waals surface area contributed by atoms with E-state index in [0.717, 1.165) is 0 Å². The van der Waals surface area contributed by atoms with E-state index in [1.807, 2.05) is 0 Å². The molecule has 0 nitrogen and oxygen atoms in total. The molecule has 0 bridgehead atoms. The average molecular weight is 374 g/mol. The maximum absolute atomic E-state index is 2.43. The van der Waals surface area contributed by atoms with Crippen LogP contribution in [0.15, 0.2) is 43.4 Å². The van der Waals surface area contributed by atoms with Crippen molar-refractivity contribution in [2.24, 2.45) is 0 Å². The van der Waals surface area contributed by atoms with Crippen molar-refractivity contribution in [1.29, 1.82) is 0 Å². The summed E-state index contributed by atoms with van der Waals surface area (Å²) in [5.74, 6) is 0. The SMILES string of the molecule is CC(C)=C/C(C)=[CH]\[W]/[CH]=C(/C)C=C(C)C. The molecule has 84 valence electrons. The van der Waals surface area contributed by atoms with E-state index in [9.17, 15) is 0 Å². The summed E-state index contributed by atoms with van der Waals surface area (Å²) in [6, 6.07) is 0. The van der Waals surface area contributed by atoms with Crippen LogP contribution < -0.4 is 0 Å². The van der Waals surface area contributed by atoms with Crippen LogP contribution in [0.4, 0.5) is 0 Å². The van der Waals surface area contributed by atoms with E-state index in [1.54, 1.807) is 0 Å². The first-order valence-corrected chi connectivity index (χ1v) is 8.59. The molecule has 0 fully saturated rings. The summed E-state index contributed by atoms with van der Waals surface area (Å²) in [5.41, 5.74) is 5.60. The summed E-state index contributed by atoms with van der Waals surface area (Å²) >= 11 is -0.423. The second kappa shape index (κ2) is 7.88. The Kier molecular flexibility index (Phi) is 7.69. The minimum atomic E-state index is -0.423. The summed E-state index contributed by atoms with van der Waals surface area (Å²) in [6.07, 6.45) is 4.51. The molecule has 0 saturated heterocycles. The molecule has 0 aromatic heterocycles. The minimum absolute atomic E-state index is 0.423. The molecule has 0 aromatic rings. The first kappa shape index (κ1) is 14.6. The van der Waals surface area contributed by atoms with E-state index in [-0.39, 0.29) is 0 Å². The van der Waals surface area contributed by atoms with Crippen LogP contribution in [0.3, 0.4) is 0 Å². The normalized spacial score (nSPS) is 12.4. The molecule has 15 heavy (non-hydrogen) atoms. The van der Waals surface area contributed by atoms with Crippen LogP contribution in [0, 0.1) is 0 Å². The van der Waals surface area contributed by atoms with E-state index in [2.05, 4.69) is 62.6 Å². The number of rotatable bonds is 4. The van der Waals surface area contributed by atoms with E-state index in [4.69, 9.17) is 0 Å². The summed E-state index contributed by atoms with van der Waals surface area (Å²) in [7, 11) is 0. The molecular weight excluding hydrogens is 352 g/mol. The molecule has 0 heterocycles. The summed E-state index contributed by atoms with van der Waals surface area (Å²) in [4.78, 5) is 0. The molecule has 0 amide bonds. The van der Waals surface area contributed by atoms with Crippen molar-refractivity contribution in [3.8, 4) is 0 Å². The number of hydrogen-bond donors (Lipinski definition) is 0. The molecule has 0 spiro atoms. The van der Waals surface area contributed by atoms with Gasteiger partial charge in [-0.15, -0.1) is 0 Å². The maximum atomic E-state index is 2.43. The Morgan fingerprint density at radius 3 is 1.27 bits per heavy atom. The quantitative estimate of drug-likeness (QED) is 0.620. The van der Waals surface area contributed by atoms with Crippen LogP contribution in [0.5, 0.6) is 0 Å². The molecule has 1 heteroatoms. The molecule has 0 aliphatic heterocycles. The molecular formula is C14H22W. The Hall–Kier alpha value is -0.352.